The van der Waals surface area contributed by atoms with Gasteiger partial charge in [-0.1, -0.05) is 25.1 Å². The molecule has 0 amide bonds. The van der Waals surface area contributed by atoms with Crippen molar-refractivity contribution < 1.29 is 27.8 Å². The predicted octanol–water partition coefficient (Wildman–Crippen LogP) is 5.51. The van der Waals surface area contributed by atoms with Crippen LogP contribution in [0.1, 0.15) is 56.7 Å². The zero-order valence-corrected chi connectivity index (χ0v) is 25.8. The highest BCUT2D eigenvalue weighted by Crippen LogP contribution is 2.32. The van der Waals surface area contributed by atoms with Crippen molar-refractivity contribution >= 4 is 27.3 Å². The molecule has 0 saturated carbocycles. The average molecular weight is 605 g/mol. The van der Waals surface area contributed by atoms with Gasteiger partial charge in [0.1, 0.15) is 5.82 Å². The number of benzene rings is 2. The number of hydrogen-bond acceptors (Lipinski definition) is 6. The molecule has 0 aliphatic carbocycles. The Morgan fingerprint density at radius 2 is 1.90 bits per heavy atom. The first-order chi connectivity index (χ1) is 19.3. The van der Waals surface area contributed by atoms with Gasteiger partial charge in [0.05, 0.1) is 11.0 Å². The number of likely N-dealkylation sites (N-methyl/N-ethyl adjacent to an activating group) is 1. The lowest BCUT2D eigenvalue weighted by Crippen LogP contribution is -2.46. The van der Waals surface area contributed by atoms with Crippen molar-refractivity contribution in [3.8, 4) is 11.1 Å². The summed E-state index contributed by atoms with van der Waals surface area (Å²) in [6.45, 7) is 6.14. The highest BCUT2D eigenvalue weighted by molar-refractivity contribution is 7.89. The molecule has 0 radical (unpaired) electrons. The number of sulfonamides is 1. The monoisotopic (exact) mass is 604 g/mol. The first-order valence-electron chi connectivity index (χ1n) is 13.9. The van der Waals surface area contributed by atoms with Gasteiger partial charge < -0.3 is 15.5 Å². The van der Waals surface area contributed by atoms with E-state index in [0.29, 0.717) is 23.1 Å². The fourth-order valence-electron chi connectivity index (χ4n) is 4.88. The van der Waals surface area contributed by atoms with Crippen molar-refractivity contribution in [2.45, 2.75) is 75.8 Å². The summed E-state index contributed by atoms with van der Waals surface area (Å²) < 4.78 is 43.1. The number of nitrogens with one attached hydrogen (secondary N) is 1. The van der Waals surface area contributed by atoms with Crippen molar-refractivity contribution in [2.24, 2.45) is 0 Å². The van der Waals surface area contributed by atoms with Crippen LogP contribution in [0, 0.1) is 5.82 Å². The van der Waals surface area contributed by atoms with Crippen LogP contribution in [0.3, 0.4) is 0 Å². The molecule has 7 nitrogen and oxygen atoms in total. The molecule has 1 heterocycles. The number of aliphatic hydroxyl groups is 1. The summed E-state index contributed by atoms with van der Waals surface area (Å²) >= 11 is 1.69. The summed E-state index contributed by atoms with van der Waals surface area (Å²) in [4.78, 5) is 11.2. The normalized spacial score (nSPS) is 13.0. The van der Waals surface area contributed by atoms with Crippen molar-refractivity contribution in [2.75, 3.05) is 20.1 Å². The minimum absolute atomic E-state index is 0.0854. The third-order valence-electron chi connectivity index (χ3n) is 7.26. The molecule has 3 rings (SSSR count). The van der Waals surface area contributed by atoms with Gasteiger partial charge >= 0.3 is 5.97 Å². The highest BCUT2D eigenvalue weighted by atomic mass is 32.2. The van der Waals surface area contributed by atoms with Crippen molar-refractivity contribution in [1.82, 2.24) is 9.62 Å². The van der Waals surface area contributed by atoms with Crippen molar-refractivity contribution in [3.05, 3.63) is 75.7 Å². The summed E-state index contributed by atoms with van der Waals surface area (Å²) in [5.74, 6) is -1.47. The second kappa shape index (κ2) is 14.5. The zero-order chi connectivity index (χ0) is 30.2. The number of nitrogens with zero attached hydrogens (tertiary/aromatic N) is 1. The number of aliphatic carboxylic acids is 1. The van der Waals surface area contributed by atoms with Crippen LogP contribution in [0.2, 0.25) is 0 Å². The van der Waals surface area contributed by atoms with E-state index in [1.807, 2.05) is 6.92 Å². The molecular weight excluding hydrogens is 563 g/mol. The molecule has 2 aromatic carbocycles. The Kier molecular flexibility index (Phi) is 11.6. The standard InChI is InChI=1S/C31H41FN2O5S2/c1-5-23-18-25(30-24(12-14-29(36)37)9-6-10-27(30)32)11-13-28(23)41(38,39)34(4)20-26(35)19-33-31(2,3)16-7-8-22-15-17-40-21-22/h6,9-11,13,15,17-18,21,26,33,35H,5,7-8,12,14,16,19-20H2,1-4H3,(H,36,37)/t26-/m1/s1. The van der Waals surface area contributed by atoms with E-state index < -0.39 is 27.9 Å². The quantitative estimate of drug-likeness (QED) is 0.199. The van der Waals surface area contributed by atoms with E-state index in [2.05, 4.69) is 36.0 Å². The van der Waals surface area contributed by atoms with Crippen LogP contribution in [-0.4, -0.2) is 60.7 Å². The van der Waals surface area contributed by atoms with Crippen molar-refractivity contribution in [1.29, 1.82) is 0 Å². The SMILES string of the molecule is CCc1cc(-c2c(F)cccc2CCC(=O)O)ccc1S(=O)(=O)N(C)C[C@H](O)CNC(C)(C)CCCc1ccsc1. The van der Waals surface area contributed by atoms with Gasteiger partial charge in [-0.25, -0.2) is 12.8 Å². The van der Waals surface area contributed by atoms with Gasteiger partial charge in [0, 0.05) is 37.7 Å². The van der Waals surface area contributed by atoms with E-state index >= 15 is 0 Å². The summed E-state index contributed by atoms with van der Waals surface area (Å²) in [5.41, 5.74) is 2.95. The maximum Gasteiger partial charge on any atom is 0.303 e. The largest absolute Gasteiger partial charge is 0.481 e. The van der Waals surface area contributed by atoms with Crippen LogP contribution < -0.4 is 5.32 Å². The van der Waals surface area contributed by atoms with Gasteiger partial charge in [0.2, 0.25) is 10.0 Å². The number of carboxylic acid groups (broad SMARTS) is 1. The van der Waals surface area contributed by atoms with Crippen LogP contribution in [0.5, 0.6) is 0 Å². The summed E-state index contributed by atoms with van der Waals surface area (Å²) in [6.07, 6.45) is 2.41. The number of halogens is 1. The number of thiophene rings is 1. The molecule has 0 unspecified atom stereocenters. The molecule has 1 atom stereocenters. The van der Waals surface area contributed by atoms with E-state index in [-0.39, 0.29) is 41.9 Å². The molecule has 0 aliphatic heterocycles. The molecular formula is C31H41FN2O5S2. The average Bonchev–Trinajstić information content (AvgIpc) is 3.44. The molecule has 0 saturated heterocycles. The Balaban J connectivity index is 1.68. The second-order valence-corrected chi connectivity index (χ2v) is 13.8. The lowest BCUT2D eigenvalue weighted by molar-refractivity contribution is -0.136. The summed E-state index contributed by atoms with van der Waals surface area (Å²) in [6, 6.07) is 11.3. The molecule has 224 valence electrons. The van der Waals surface area contributed by atoms with Crippen LogP contribution in [-0.2, 0) is 34.1 Å². The maximum atomic E-state index is 14.9. The van der Waals surface area contributed by atoms with Gasteiger partial charge in [0.25, 0.3) is 0 Å². The molecule has 3 aromatic rings. The molecule has 10 heteroatoms. The molecule has 0 spiro atoms. The fourth-order valence-corrected chi connectivity index (χ4v) is 7.07. The number of rotatable bonds is 16. The van der Waals surface area contributed by atoms with E-state index in [4.69, 9.17) is 5.11 Å². The first kappa shape index (κ1) is 32.9. The number of β-amino-alcohol motifs (C(OH)–C–C–N with tert-alkyl or cyclic N) is 1. The summed E-state index contributed by atoms with van der Waals surface area (Å²) in [7, 11) is -2.49. The molecule has 0 fully saturated rings. The van der Waals surface area contributed by atoms with E-state index in [1.165, 1.54) is 30.8 Å². The zero-order valence-electron chi connectivity index (χ0n) is 24.2. The van der Waals surface area contributed by atoms with Crippen molar-refractivity contribution in [3.63, 3.8) is 0 Å². The van der Waals surface area contributed by atoms with Crippen LogP contribution in [0.4, 0.5) is 4.39 Å². The molecule has 1 aromatic heterocycles. The first-order valence-corrected chi connectivity index (χ1v) is 16.3. The van der Waals surface area contributed by atoms with Crippen LogP contribution in [0.25, 0.3) is 11.1 Å². The lowest BCUT2D eigenvalue weighted by atomic mass is 9.94. The molecule has 3 N–H and O–H groups in total. The topological polar surface area (TPSA) is 107 Å². The third kappa shape index (κ3) is 9.18. The maximum absolute atomic E-state index is 14.9. The Morgan fingerprint density at radius 3 is 2.56 bits per heavy atom. The smallest absolute Gasteiger partial charge is 0.303 e. The second-order valence-electron chi connectivity index (χ2n) is 11.0. The van der Waals surface area contributed by atoms with Gasteiger partial charge in [-0.05, 0) is 103 Å². The van der Waals surface area contributed by atoms with Crippen LogP contribution >= 0.6 is 11.3 Å². The lowest BCUT2D eigenvalue weighted by Gasteiger charge is -2.29. The fraction of sp³-hybridized carbons (Fsp3) is 0.452. The highest BCUT2D eigenvalue weighted by Gasteiger charge is 2.27. The summed E-state index contributed by atoms with van der Waals surface area (Å²) in [5, 5.41) is 27.4. The predicted molar refractivity (Wildman–Crippen MR) is 162 cm³/mol. The van der Waals surface area contributed by atoms with Gasteiger partial charge in [-0.15, -0.1) is 0 Å². The van der Waals surface area contributed by atoms with Gasteiger partial charge in [-0.2, -0.15) is 15.6 Å². The van der Waals surface area contributed by atoms with E-state index in [9.17, 15) is 22.7 Å². The number of carbonyl (C=O) groups is 1. The molecule has 0 aliphatic rings. The number of aryl methyl sites for hydroxylation is 3. The minimum Gasteiger partial charge on any atom is -0.481 e. The van der Waals surface area contributed by atoms with E-state index in [1.54, 1.807) is 29.5 Å². The molecule has 41 heavy (non-hydrogen) atoms. The van der Waals surface area contributed by atoms with Crippen LogP contribution in [0.15, 0.2) is 58.1 Å². The number of aliphatic hydroxyl groups excluding tert-OH is 1. The number of hydrogen-bond donors (Lipinski definition) is 3. The minimum atomic E-state index is -3.94. The third-order valence-corrected chi connectivity index (χ3v) is 9.91. The van der Waals surface area contributed by atoms with Gasteiger partial charge in [0.15, 0.2) is 0 Å². The number of carboxylic acids is 1. The Bertz CT molecular complexity index is 1410. The van der Waals surface area contributed by atoms with E-state index in [0.717, 1.165) is 23.6 Å². The Hall–Kier alpha value is -2.63. The van der Waals surface area contributed by atoms with Gasteiger partial charge in [-0.3, -0.25) is 4.79 Å². The molecule has 0 bridgehead atoms. The Labute approximate surface area is 247 Å². The Morgan fingerprint density at radius 1 is 1.15 bits per heavy atom.